The van der Waals surface area contributed by atoms with E-state index in [-0.39, 0.29) is 5.91 Å². The summed E-state index contributed by atoms with van der Waals surface area (Å²) in [5, 5.41) is 6.06. The van der Waals surface area contributed by atoms with Gasteiger partial charge in [-0.3, -0.25) is 4.79 Å². The molecule has 2 rings (SSSR count). The fraction of sp³-hybridized carbons (Fsp3) is 0.200. The average molecular weight is 413 g/mol. The van der Waals surface area contributed by atoms with Crippen molar-refractivity contribution in [3.05, 3.63) is 51.0 Å². The van der Waals surface area contributed by atoms with Crippen LogP contribution in [0, 0.1) is 0 Å². The highest BCUT2D eigenvalue weighted by Gasteiger charge is 2.11. The molecule has 0 bridgehead atoms. The van der Waals surface area contributed by atoms with E-state index in [0.717, 1.165) is 21.9 Å². The molecule has 1 aromatic heterocycles. The van der Waals surface area contributed by atoms with Crippen molar-refractivity contribution < 1.29 is 4.79 Å². The molecule has 0 aliphatic carbocycles. The number of benzene rings is 1. The number of anilines is 2. The number of pyridine rings is 1. The van der Waals surface area contributed by atoms with Gasteiger partial charge in [0, 0.05) is 27.3 Å². The second-order valence-corrected chi connectivity index (χ2v) is 6.12. The maximum atomic E-state index is 12.3. The van der Waals surface area contributed by atoms with Gasteiger partial charge in [-0.25, -0.2) is 4.98 Å². The number of amides is 1. The Balaban J connectivity index is 2.17. The third-order valence-electron chi connectivity index (χ3n) is 2.78. The lowest BCUT2D eigenvalue weighted by atomic mass is 10.2. The summed E-state index contributed by atoms with van der Waals surface area (Å²) in [5.74, 6) is 0.528. The Kier molecular flexibility index (Phi) is 5.76. The zero-order valence-electron chi connectivity index (χ0n) is 11.5. The van der Waals surface area contributed by atoms with E-state index in [1.165, 1.54) is 0 Å². The van der Waals surface area contributed by atoms with Crippen LogP contribution in [0.5, 0.6) is 0 Å². The first kappa shape index (κ1) is 16.0. The summed E-state index contributed by atoms with van der Waals surface area (Å²) in [7, 11) is 0. The predicted molar refractivity (Wildman–Crippen MR) is 92.8 cm³/mol. The molecule has 2 aromatic rings. The van der Waals surface area contributed by atoms with E-state index in [4.69, 9.17) is 0 Å². The van der Waals surface area contributed by atoms with Crippen LogP contribution in [0.1, 0.15) is 23.7 Å². The third kappa shape index (κ3) is 4.28. The van der Waals surface area contributed by atoms with Crippen molar-refractivity contribution in [1.82, 2.24) is 4.98 Å². The quantitative estimate of drug-likeness (QED) is 0.749. The van der Waals surface area contributed by atoms with Gasteiger partial charge < -0.3 is 10.6 Å². The van der Waals surface area contributed by atoms with E-state index < -0.39 is 0 Å². The van der Waals surface area contributed by atoms with Gasteiger partial charge in [-0.05, 0) is 62.5 Å². The molecule has 0 fully saturated rings. The van der Waals surface area contributed by atoms with Gasteiger partial charge in [0.25, 0.3) is 5.91 Å². The van der Waals surface area contributed by atoms with Gasteiger partial charge in [-0.1, -0.05) is 13.0 Å². The molecule has 6 heteroatoms. The minimum Gasteiger partial charge on any atom is -0.370 e. The Labute approximate surface area is 140 Å². The normalized spacial score (nSPS) is 10.2. The second-order valence-electron chi connectivity index (χ2n) is 4.41. The van der Waals surface area contributed by atoms with Crippen LogP contribution in [0.15, 0.2) is 45.5 Å². The highest BCUT2D eigenvalue weighted by Crippen LogP contribution is 2.30. The van der Waals surface area contributed by atoms with E-state index >= 15 is 0 Å². The number of nitrogens with one attached hydrogen (secondary N) is 2. The van der Waals surface area contributed by atoms with Gasteiger partial charge in [0.1, 0.15) is 5.82 Å². The number of halogens is 2. The Morgan fingerprint density at radius 3 is 2.62 bits per heavy atom. The Hall–Kier alpha value is -1.40. The number of nitrogens with zero attached hydrogens (tertiary/aromatic N) is 1. The summed E-state index contributed by atoms with van der Waals surface area (Å²) in [6, 6.07) is 9.08. The lowest BCUT2D eigenvalue weighted by Gasteiger charge is -2.10. The summed E-state index contributed by atoms with van der Waals surface area (Å²) in [5.41, 5.74) is 1.27. The number of rotatable bonds is 5. The molecule has 0 unspecified atom stereocenters. The largest absolute Gasteiger partial charge is 0.370 e. The molecule has 0 atom stereocenters. The van der Waals surface area contributed by atoms with Gasteiger partial charge >= 0.3 is 0 Å². The maximum absolute atomic E-state index is 12.3. The van der Waals surface area contributed by atoms with Crippen molar-refractivity contribution >= 4 is 49.3 Å². The monoisotopic (exact) mass is 411 g/mol. The van der Waals surface area contributed by atoms with Crippen LogP contribution < -0.4 is 10.6 Å². The van der Waals surface area contributed by atoms with Crippen LogP contribution in [-0.4, -0.2) is 17.4 Å². The third-order valence-corrected chi connectivity index (χ3v) is 4.10. The highest BCUT2D eigenvalue weighted by atomic mass is 79.9. The molecule has 0 saturated heterocycles. The number of carbonyl (C=O) groups excluding carboxylic acids is 1. The number of carbonyl (C=O) groups is 1. The van der Waals surface area contributed by atoms with E-state index in [1.54, 1.807) is 18.3 Å². The first-order valence-corrected chi connectivity index (χ1v) is 8.15. The predicted octanol–water partition coefficient (Wildman–Crippen LogP) is 4.68. The van der Waals surface area contributed by atoms with E-state index in [0.29, 0.717) is 17.1 Å². The number of para-hydroxylation sites is 1. The van der Waals surface area contributed by atoms with Gasteiger partial charge in [0.15, 0.2) is 0 Å². The molecule has 21 heavy (non-hydrogen) atoms. The molecule has 4 nitrogen and oxygen atoms in total. The number of aromatic nitrogens is 1. The summed E-state index contributed by atoms with van der Waals surface area (Å²) in [4.78, 5) is 16.5. The molecule has 0 radical (unpaired) electrons. The Morgan fingerprint density at radius 2 is 1.95 bits per heavy atom. The van der Waals surface area contributed by atoms with Crippen LogP contribution in [0.2, 0.25) is 0 Å². The highest BCUT2D eigenvalue weighted by molar-refractivity contribution is 9.11. The van der Waals surface area contributed by atoms with Crippen molar-refractivity contribution in [2.24, 2.45) is 0 Å². The molecule has 2 N–H and O–H groups in total. The minimum absolute atomic E-state index is 0.176. The molecular weight excluding hydrogens is 398 g/mol. The van der Waals surface area contributed by atoms with Crippen LogP contribution >= 0.6 is 31.9 Å². The summed E-state index contributed by atoms with van der Waals surface area (Å²) >= 11 is 6.85. The zero-order chi connectivity index (χ0) is 15.2. The van der Waals surface area contributed by atoms with E-state index in [1.807, 2.05) is 18.2 Å². The van der Waals surface area contributed by atoms with Crippen molar-refractivity contribution in [2.45, 2.75) is 13.3 Å². The zero-order valence-corrected chi connectivity index (χ0v) is 14.7. The van der Waals surface area contributed by atoms with E-state index in [2.05, 4.69) is 54.4 Å². The molecule has 0 spiro atoms. The van der Waals surface area contributed by atoms with Crippen LogP contribution in [0.4, 0.5) is 11.5 Å². The summed E-state index contributed by atoms with van der Waals surface area (Å²) in [6.45, 7) is 2.90. The van der Waals surface area contributed by atoms with Crippen molar-refractivity contribution in [3.63, 3.8) is 0 Å². The molecular formula is C15H15Br2N3O. The SMILES string of the molecule is CCCNc1cc(C(=O)Nc2c(Br)cccc2Br)ccn1. The fourth-order valence-electron chi connectivity index (χ4n) is 1.72. The Morgan fingerprint density at radius 1 is 1.24 bits per heavy atom. The standard InChI is InChI=1S/C15H15Br2N3O/c1-2-7-18-13-9-10(6-8-19-13)15(21)20-14-11(16)4-3-5-12(14)17/h3-6,8-9H,2,7H2,1H3,(H,18,19)(H,20,21). The minimum atomic E-state index is -0.176. The smallest absolute Gasteiger partial charge is 0.255 e. The summed E-state index contributed by atoms with van der Waals surface area (Å²) < 4.78 is 1.65. The van der Waals surface area contributed by atoms with Crippen molar-refractivity contribution in [1.29, 1.82) is 0 Å². The van der Waals surface area contributed by atoms with Gasteiger partial charge in [0.05, 0.1) is 5.69 Å². The molecule has 1 aromatic carbocycles. The molecule has 0 aliphatic rings. The number of hydrogen-bond donors (Lipinski definition) is 2. The first-order valence-electron chi connectivity index (χ1n) is 6.57. The van der Waals surface area contributed by atoms with Gasteiger partial charge in [0.2, 0.25) is 0 Å². The topological polar surface area (TPSA) is 54.0 Å². The van der Waals surface area contributed by atoms with Crippen LogP contribution in [-0.2, 0) is 0 Å². The van der Waals surface area contributed by atoms with Gasteiger partial charge in [-0.15, -0.1) is 0 Å². The van der Waals surface area contributed by atoms with E-state index in [9.17, 15) is 4.79 Å². The first-order chi connectivity index (χ1) is 10.1. The molecule has 1 heterocycles. The lowest BCUT2D eigenvalue weighted by molar-refractivity contribution is 0.102. The maximum Gasteiger partial charge on any atom is 0.255 e. The lowest BCUT2D eigenvalue weighted by Crippen LogP contribution is -2.13. The van der Waals surface area contributed by atoms with Crippen molar-refractivity contribution in [3.8, 4) is 0 Å². The van der Waals surface area contributed by atoms with Crippen LogP contribution in [0.3, 0.4) is 0 Å². The fourth-order valence-corrected chi connectivity index (χ4v) is 2.92. The molecule has 0 aliphatic heterocycles. The average Bonchev–Trinajstić information content (AvgIpc) is 2.49. The summed E-state index contributed by atoms with van der Waals surface area (Å²) in [6.07, 6.45) is 2.63. The molecule has 110 valence electrons. The Bertz CT molecular complexity index is 626. The van der Waals surface area contributed by atoms with Crippen molar-refractivity contribution in [2.75, 3.05) is 17.2 Å². The second kappa shape index (κ2) is 7.56. The number of hydrogen-bond acceptors (Lipinski definition) is 3. The molecule has 0 saturated carbocycles. The van der Waals surface area contributed by atoms with Gasteiger partial charge in [-0.2, -0.15) is 0 Å². The molecule has 1 amide bonds. The van der Waals surface area contributed by atoms with Crippen LogP contribution in [0.25, 0.3) is 0 Å².